The molecular weight excluding hydrogens is 462 g/mol. The summed E-state index contributed by atoms with van der Waals surface area (Å²) in [5.74, 6) is -0.237. The summed E-state index contributed by atoms with van der Waals surface area (Å²) in [5, 5.41) is 11.0. The van der Waals surface area contributed by atoms with Crippen LogP contribution >= 0.6 is 15.9 Å². The van der Waals surface area contributed by atoms with E-state index < -0.39 is 0 Å². The van der Waals surface area contributed by atoms with Crippen LogP contribution in [-0.2, 0) is 9.59 Å². The highest BCUT2D eigenvalue weighted by molar-refractivity contribution is 9.10. The standard InChI is InChI=1S/C22H20BrN5O3/c23-16-4-3-5-17(13-16)28-14-15(12-21(28)29)22(30)25-10-11-31-20-8-7-19(26-27-20)18-6-1-2-9-24-18/h1-9,13,15H,10-12,14H2,(H,25,30)/t15-/m1/s1. The Labute approximate surface area is 187 Å². The molecular formula is C22H20BrN5O3. The largest absolute Gasteiger partial charge is 0.475 e. The van der Waals surface area contributed by atoms with Crippen LogP contribution in [0.25, 0.3) is 11.4 Å². The zero-order valence-corrected chi connectivity index (χ0v) is 18.2. The maximum Gasteiger partial charge on any atom is 0.233 e. The van der Waals surface area contributed by atoms with Crippen molar-refractivity contribution in [1.29, 1.82) is 0 Å². The van der Waals surface area contributed by atoms with Gasteiger partial charge in [0.25, 0.3) is 0 Å². The van der Waals surface area contributed by atoms with Crippen LogP contribution in [0.3, 0.4) is 0 Å². The summed E-state index contributed by atoms with van der Waals surface area (Å²) in [7, 11) is 0. The number of aromatic nitrogens is 3. The van der Waals surface area contributed by atoms with Crippen molar-refractivity contribution in [2.75, 3.05) is 24.6 Å². The molecule has 1 aliphatic rings. The Morgan fingerprint density at radius 2 is 2.03 bits per heavy atom. The fraction of sp³-hybridized carbons (Fsp3) is 0.227. The first-order chi connectivity index (χ1) is 15.1. The molecule has 1 aliphatic heterocycles. The summed E-state index contributed by atoms with van der Waals surface area (Å²) in [6, 6.07) is 16.5. The number of pyridine rings is 1. The summed E-state index contributed by atoms with van der Waals surface area (Å²) < 4.78 is 6.43. The van der Waals surface area contributed by atoms with Crippen LogP contribution in [0.2, 0.25) is 0 Å². The predicted octanol–water partition coefficient (Wildman–Crippen LogP) is 2.85. The van der Waals surface area contributed by atoms with E-state index in [2.05, 4.69) is 36.4 Å². The number of carbonyl (C=O) groups excluding carboxylic acids is 2. The molecule has 3 heterocycles. The number of nitrogens with zero attached hydrogens (tertiary/aromatic N) is 4. The second-order valence-corrected chi connectivity index (χ2v) is 7.91. The lowest BCUT2D eigenvalue weighted by Crippen LogP contribution is -2.35. The molecule has 1 N–H and O–H groups in total. The fourth-order valence-corrected chi connectivity index (χ4v) is 3.69. The first-order valence-electron chi connectivity index (χ1n) is 9.82. The lowest BCUT2D eigenvalue weighted by Gasteiger charge is -2.17. The average Bonchev–Trinajstić information content (AvgIpc) is 3.19. The summed E-state index contributed by atoms with van der Waals surface area (Å²) in [4.78, 5) is 30.7. The quantitative estimate of drug-likeness (QED) is 0.521. The summed E-state index contributed by atoms with van der Waals surface area (Å²) in [6.07, 6.45) is 1.89. The molecule has 158 valence electrons. The van der Waals surface area contributed by atoms with Gasteiger partial charge in [-0.3, -0.25) is 14.6 Å². The molecule has 0 aliphatic carbocycles. The minimum absolute atomic E-state index is 0.0576. The molecule has 1 fully saturated rings. The highest BCUT2D eigenvalue weighted by Gasteiger charge is 2.35. The Morgan fingerprint density at radius 1 is 1.13 bits per heavy atom. The highest BCUT2D eigenvalue weighted by atomic mass is 79.9. The number of hydrogen-bond acceptors (Lipinski definition) is 6. The summed E-state index contributed by atoms with van der Waals surface area (Å²) >= 11 is 3.41. The van der Waals surface area contributed by atoms with Gasteiger partial charge in [-0.2, -0.15) is 0 Å². The van der Waals surface area contributed by atoms with E-state index in [-0.39, 0.29) is 30.8 Å². The number of halogens is 1. The first kappa shape index (κ1) is 20.9. The van der Waals surface area contributed by atoms with Crippen molar-refractivity contribution >= 4 is 33.4 Å². The molecule has 1 aromatic carbocycles. The summed E-state index contributed by atoms with van der Waals surface area (Å²) in [6.45, 7) is 0.923. The Hall–Kier alpha value is -3.33. The van der Waals surface area contributed by atoms with E-state index in [4.69, 9.17) is 4.74 Å². The van der Waals surface area contributed by atoms with Crippen molar-refractivity contribution in [2.45, 2.75) is 6.42 Å². The molecule has 2 amide bonds. The topological polar surface area (TPSA) is 97.3 Å². The molecule has 9 heteroatoms. The fourth-order valence-electron chi connectivity index (χ4n) is 3.30. The molecule has 8 nitrogen and oxygen atoms in total. The van der Waals surface area contributed by atoms with Crippen molar-refractivity contribution in [3.63, 3.8) is 0 Å². The van der Waals surface area contributed by atoms with Gasteiger partial charge in [0.15, 0.2) is 0 Å². The van der Waals surface area contributed by atoms with Gasteiger partial charge in [0.05, 0.1) is 18.2 Å². The Balaban J connectivity index is 1.23. The minimum Gasteiger partial charge on any atom is -0.475 e. The number of nitrogens with one attached hydrogen (secondary N) is 1. The van der Waals surface area contributed by atoms with Gasteiger partial charge in [0, 0.05) is 35.4 Å². The van der Waals surface area contributed by atoms with E-state index >= 15 is 0 Å². The molecule has 3 aromatic rings. The van der Waals surface area contributed by atoms with Gasteiger partial charge < -0.3 is 15.0 Å². The van der Waals surface area contributed by atoms with E-state index in [9.17, 15) is 9.59 Å². The van der Waals surface area contributed by atoms with E-state index in [1.165, 1.54) is 0 Å². The average molecular weight is 482 g/mol. The van der Waals surface area contributed by atoms with Gasteiger partial charge in [-0.1, -0.05) is 28.1 Å². The van der Waals surface area contributed by atoms with Crippen LogP contribution in [-0.4, -0.2) is 46.7 Å². The van der Waals surface area contributed by atoms with Crippen molar-refractivity contribution in [1.82, 2.24) is 20.5 Å². The molecule has 1 saturated heterocycles. The van der Waals surface area contributed by atoms with Crippen LogP contribution in [0.5, 0.6) is 5.88 Å². The number of anilines is 1. The molecule has 0 spiro atoms. The maximum absolute atomic E-state index is 12.5. The molecule has 0 unspecified atom stereocenters. The highest BCUT2D eigenvalue weighted by Crippen LogP contribution is 2.27. The second-order valence-electron chi connectivity index (χ2n) is 7.00. The maximum atomic E-state index is 12.5. The molecule has 0 radical (unpaired) electrons. The number of rotatable bonds is 7. The van der Waals surface area contributed by atoms with Crippen LogP contribution < -0.4 is 15.0 Å². The van der Waals surface area contributed by atoms with Gasteiger partial charge in [-0.25, -0.2) is 0 Å². The van der Waals surface area contributed by atoms with Crippen molar-refractivity contribution in [2.24, 2.45) is 5.92 Å². The predicted molar refractivity (Wildman–Crippen MR) is 118 cm³/mol. The zero-order chi connectivity index (χ0) is 21.6. The van der Waals surface area contributed by atoms with Crippen LogP contribution in [0.4, 0.5) is 5.69 Å². The Kier molecular flexibility index (Phi) is 6.51. The lowest BCUT2D eigenvalue weighted by molar-refractivity contribution is -0.126. The van der Waals surface area contributed by atoms with Gasteiger partial charge in [-0.15, -0.1) is 10.2 Å². The van der Waals surface area contributed by atoms with Crippen LogP contribution in [0.1, 0.15) is 6.42 Å². The van der Waals surface area contributed by atoms with Gasteiger partial charge >= 0.3 is 0 Å². The summed E-state index contributed by atoms with van der Waals surface area (Å²) in [5.41, 5.74) is 2.17. The van der Waals surface area contributed by atoms with Crippen LogP contribution in [0.15, 0.2) is 65.3 Å². The number of hydrogen-bond donors (Lipinski definition) is 1. The van der Waals surface area contributed by atoms with Crippen molar-refractivity contribution < 1.29 is 14.3 Å². The van der Waals surface area contributed by atoms with E-state index in [0.717, 1.165) is 15.9 Å². The van der Waals surface area contributed by atoms with E-state index in [1.54, 1.807) is 23.2 Å². The van der Waals surface area contributed by atoms with Crippen molar-refractivity contribution in [3.8, 4) is 17.3 Å². The van der Waals surface area contributed by atoms with Gasteiger partial charge in [-0.05, 0) is 36.4 Å². The van der Waals surface area contributed by atoms with Gasteiger partial charge in [0.1, 0.15) is 12.3 Å². The third kappa shape index (κ3) is 5.24. The van der Waals surface area contributed by atoms with E-state index in [1.807, 2.05) is 42.5 Å². The molecule has 0 saturated carbocycles. The normalized spacial score (nSPS) is 15.7. The molecule has 0 bridgehead atoms. The third-order valence-electron chi connectivity index (χ3n) is 4.83. The molecule has 31 heavy (non-hydrogen) atoms. The SMILES string of the molecule is O=C(NCCOc1ccc(-c2ccccn2)nn1)[C@@H]1CC(=O)N(c2cccc(Br)c2)C1. The van der Waals surface area contributed by atoms with Crippen molar-refractivity contribution in [3.05, 3.63) is 65.3 Å². The number of carbonyl (C=O) groups is 2. The monoisotopic (exact) mass is 481 g/mol. The second kappa shape index (κ2) is 9.65. The first-order valence-corrected chi connectivity index (χ1v) is 10.6. The molecule has 4 rings (SSSR count). The Morgan fingerprint density at radius 3 is 2.77 bits per heavy atom. The number of benzene rings is 1. The van der Waals surface area contributed by atoms with Gasteiger partial charge in [0.2, 0.25) is 17.7 Å². The number of amides is 2. The minimum atomic E-state index is -0.385. The molecule has 2 aromatic heterocycles. The molecule has 1 atom stereocenters. The third-order valence-corrected chi connectivity index (χ3v) is 5.33. The smallest absolute Gasteiger partial charge is 0.233 e. The Bertz CT molecular complexity index is 1060. The number of ether oxygens (including phenoxy) is 1. The van der Waals surface area contributed by atoms with Crippen LogP contribution in [0, 0.1) is 5.92 Å². The zero-order valence-electron chi connectivity index (χ0n) is 16.6. The van der Waals surface area contributed by atoms with E-state index in [0.29, 0.717) is 24.7 Å². The lowest BCUT2D eigenvalue weighted by atomic mass is 10.1.